The average molecular weight is 372 g/mol. The Morgan fingerprint density at radius 3 is 3.00 bits per heavy atom. The molecule has 1 aliphatic rings. The fourth-order valence-corrected chi connectivity index (χ4v) is 3.96. The van der Waals surface area contributed by atoms with Gasteiger partial charge in [0.2, 0.25) is 0 Å². The van der Waals surface area contributed by atoms with Crippen molar-refractivity contribution in [2.45, 2.75) is 19.6 Å². The summed E-state index contributed by atoms with van der Waals surface area (Å²) in [6.07, 6.45) is 3.79. The average Bonchev–Trinajstić information content (AvgIpc) is 3.35. The van der Waals surface area contributed by atoms with Gasteiger partial charge >= 0.3 is 0 Å². The third-order valence-corrected chi connectivity index (χ3v) is 5.28. The Kier molecular flexibility index (Phi) is 3.99. The van der Waals surface area contributed by atoms with Gasteiger partial charge in [0.15, 0.2) is 5.65 Å². The molecule has 4 heterocycles. The zero-order chi connectivity index (χ0) is 19.1. The van der Waals surface area contributed by atoms with Crippen molar-refractivity contribution in [2.24, 2.45) is 0 Å². The summed E-state index contributed by atoms with van der Waals surface area (Å²) in [5, 5.41) is 14.0. The fourth-order valence-electron chi connectivity index (χ4n) is 3.96. The van der Waals surface area contributed by atoms with Gasteiger partial charge in [0.05, 0.1) is 35.9 Å². The minimum Gasteiger partial charge on any atom is -0.373 e. The van der Waals surface area contributed by atoms with Gasteiger partial charge in [0.25, 0.3) is 0 Å². The van der Waals surface area contributed by atoms with Crippen molar-refractivity contribution in [3.05, 3.63) is 59.9 Å². The van der Waals surface area contributed by atoms with Gasteiger partial charge in [-0.25, -0.2) is 4.98 Å². The van der Waals surface area contributed by atoms with Crippen LogP contribution in [0.25, 0.3) is 16.7 Å². The molecule has 7 nitrogen and oxygen atoms in total. The summed E-state index contributed by atoms with van der Waals surface area (Å²) < 4.78 is 9.99. The number of para-hydroxylation sites is 2. The van der Waals surface area contributed by atoms with E-state index in [-0.39, 0.29) is 6.10 Å². The van der Waals surface area contributed by atoms with Crippen LogP contribution in [0.3, 0.4) is 0 Å². The largest absolute Gasteiger partial charge is 0.373 e. The highest BCUT2D eigenvalue weighted by atomic mass is 16.5. The van der Waals surface area contributed by atoms with E-state index in [9.17, 15) is 5.26 Å². The van der Waals surface area contributed by atoms with E-state index >= 15 is 0 Å². The first-order chi connectivity index (χ1) is 13.7. The maximum atomic E-state index is 9.68. The number of pyridine rings is 1. The Bertz CT molecular complexity index is 1190. The van der Waals surface area contributed by atoms with Crippen LogP contribution in [0.5, 0.6) is 0 Å². The molecule has 4 aromatic rings. The molecular formula is C21H20N6O. The number of anilines is 1. The molecular weight excluding hydrogens is 352 g/mol. The lowest BCUT2D eigenvalue weighted by Crippen LogP contribution is -2.45. The summed E-state index contributed by atoms with van der Waals surface area (Å²) in [7, 11) is 0. The van der Waals surface area contributed by atoms with E-state index in [1.165, 1.54) is 0 Å². The minimum atomic E-state index is 0.0504. The van der Waals surface area contributed by atoms with Crippen LogP contribution in [0.2, 0.25) is 0 Å². The first-order valence-electron chi connectivity index (χ1n) is 9.39. The van der Waals surface area contributed by atoms with Gasteiger partial charge < -0.3 is 9.64 Å². The van der Waals surface area contributed by atoms with E-state index in [1.54, 1.807) is 6.20 Å². The number of nitrogens with zero attached hydrogens (tertiary/aromatic N) is 6. The second-order valence-electron chi connectivity index (χ2n) is 7.10. The Morgan fingerprint density at radius 2 is 2.18 bits per heavy atom. The van der Waals surface area contributed by atoms with Crippen LogP contribution in [0.4, 0.5) is 5.82 Å². The maximum Gasteiger partial charge on any atom is 0.157 e. The second kappa shape index (κ2) is 6.66. The zero-order valence-electron chi connectivity index (χ0n) is 15.6. The van der Waals surface area contributed by atoms with Crippen molar-refractivity contribution in [3.63, 3.8) is 0 Å². The normalized spacial score (nSPS) is 17.3. The van der Waals surface area contributed by atoms with Crippen molar-refractivity contribution in [1.82, 2.24) is 19.2 Å². The molecule has 0 spiro atoms. The molecule has 1 saturated heterocycles. The molecule has 0 saturated carbocycles. The molecule has 7 heteroatoms. The van der Waals surface area contributed by atoms with Gasteiger partial charge in [0, 0.05) is 25.5 Å². The number of nitriles is 1. The number of rotatable bonds is 3. The third-order valence-electron chi connectivity index (χ3n) is 5.28. The Labute approximate surface area is 162 Å². The summed E-state index contributed by atoms with van der Waals surface area (Å²) >= 11 is 0. The second-order valence-corrected chi connectivity index (χ2v) is 7.10. The Balaban J connectivity index is 1.61. The molecule has 3 aromatic heterocycles. The minimum absolute atomic E-state index is 0.0504. The molecule has 0 radical (unpaired) electrons. The summed E-state index contributed by atoms with van der Waals surface area (Å²) in [5.41, 5.74) is 4.19. The molecule has 5 rings (SSSR count). The third kappa shape index (κ3) is 2.70. The monoisotopic (exact) mass is 372 g/mol. The first kappa shape index (κ1) is 16.8. The van der Waals surface area contributed by atoms with Crippen molar-refractivity contribution < 1.29 is 4.74 Å². The Morgan fingerprint density at radius 1 is 1.29 bits per heavy atom. The molecule has 0 N–H and O–H groups in total. The van der Waals surface area contributed by atoms with E-state index in [1.807, 2.05) is 42.1 Å². The molecule has 0 amide bonds. The predicted octanol–water partition coefficient (Wildman–Crippen LogP) is 2.77. The molecule has 1 aliphatic heterocycles. The van der Waals surface area contributed by atoms with Gasteiger partial charge in [-0.2, -0.15) is 10.4 Å². The number of ether oxygens (including phenoxy) is 1. The molecule has 1 atom stereocenters. The summed E-state index contributed by atoms with van der Waals surface area (Å²) in [6, 6.07) is 14.4. The van der Waals surface area contributed by atoms with Crippen LogP contribution < -0.4 is 4.90 Å². The van der Waals surface area contributed by atoms with Crippen molar-refractivity contribution in [3.8, 4) is 6.07 Å². The Hall–Kier alpha value is -3.37. The molecule has 1 unspecified atom stereocenters. The highest BCUT2D eigenvalue weighted by Gasteiger charge is 2.25. The number of morpholine rings is 1. The molecule has 0 aliphatic carbocycles. The molecule has 1 fully saturated rings. The topological polar surface area (TPSA) is 71.4 Å². The smallest absolute Gasteiger partial charge is 0.157 e. The van der Waals surface area contributed by atoms with E-state index < -0.39 is 0 Å². The SMILES string of the molecule is Cc1cc(N2CCOC(Cn3cccn3)C2)n2c(nc3ccccc32)c1C#N. The molecule has 140 valence electrons. The molecule has 0 bridgehead atoms. The predicted molar refractivity (Wildman–Crippen MR) is 106 cm³/mol. The van der Waals surface area contributed by atoms with Crippen LogP contribution in [-0.4, -0.2) is 45.0 Å². The van der Waals surface area contributed by atoms with Crippen molar-refractivity contribution >= 4 is 22.5 Å². The van der Waals surface area contributed by atoms with Crippen molar-refractivity contribution in [1.29, 1.82) is 5.26 Å². The number of fused-ring (bicyclic) bond motifs is 3. The van der Waals surface area contributed by atoms with E-state index in [4.69, 9.17) is 9.72 Å². The van der Waals surface area contributed by atoms with Gasteiger partial charge in [0.1, 0.15) is 11.9 Å². The zero-order valence-corrected chi connectivity index (χ0v) is 15.6. The van der Waals surface area contributed by atoms with Crippen LogP contribution in [0, 0.1) is 18.3 Å². The standard InChI is InChI=1S/C21H20N6O/c1-15-11-20(25-9-10-28-16(13-25)14-26-8-4-7-23-26)27-19-6-3-2-5-18(19)24-21(27)17(15)12-22/h2-8,11,16H,9-10,13-14H2,1H3. The lowest BCUT2D eigenvalue weighted by molar-refractivity contribution is 0.0271. The summed E-state index contributed by atoms with van der Waals surface area (Å²) in [5.74, 6) is 1.05. The van der Waals surface area contributed by atoms with Gasteiger partial charge in [-0.3, -0.25) is 9.08 Å². The van der Waals surface area contributed by atoms with Crippen molar-refractivity contribution in [2.75, 3.05) is 24.6 Å². The number of hydrogen-bond donors (Lipinski definition) is 0. The lowest BCUT2D eigenvalue weighted by atomic mass is 10.1. The first-order valence-corrected chi connectivity index (χ1v) is 9.39. The van der Waals surface area contributed by atoms with Crippen LogP contribution in [0.1, 0.15) is 11.1 Å². The highest BCUT2D eigenvalue weighted by Crippen LogP contribution is 2.29. The maximum absolute atomic E-state index is 9.68. The van der Waals surface area contributed by atoms with Gasteiger partial charge in [-0.05, 0) is 36.8 Å². The number of imidazole rings is 1. The van der Waals surface area contributed by atoms with E-state index in [2.05, 4.69) is 32.6 Å². The van der Waals surface area contributed by atoms with Crippen LogP contribution in [0.15, 0.2) is 48.8 Å². The molecule has 1 aromatic carbocycles. The lowest BCUT2D eigenvalue weighted by Gasteiger charge is -2.35. The van der Waals surface area contributed by atoms with Gasteiger partial charge in [-0.1, -0.05) is 12.1 Å². The fraction of sp³-hybridized carbons (Fsp3) is 0.286. The molecule has 28 heavy (non-hydrogen) atoms. The summed E-state index contributed by atoms with van der Waals surface area (Å²) in [6.45, 7) is 4.89. The van der Waals surface area contributed by atoms with Crippen LogP contribution in [-0.2, 0) is 11.3 Å². The number of hydrogen-bond acceptors (Lipinski definition) is 5. The summed E-state index contributed by atoms with van der Waals surface area (Å²) in [4.78, 5) is 7.08. The number of aromatic nitrogens is 4. The highest BCUT2D eigenvalue weighted by molar-refractivity contribution is 5.85. The van der Waals surface area contributed by atoms with E-state index in [0.717, 1.165) is 35.5 Å². The van der Waals surface area contributed by atoms with E-state index in [0.29, 0.717) is 24.4 Å². The van der Waals surface area contributed by atoms with Gasteiger partial charge in [-0.15, -0.1) is 0 Å². The quantitative estimate of drug-likeness (QED) is 0.553. The number of benzene rings is 1. The number of aryl methyl sites for hydroxylation is 1. The van der Waals surface area contributed by atoms with Crippen LogP contribution >= 0.6 is 0 Å².